The molecule has 0 aliphatic carbocycles. The van der Waals surface area contributed by atoms with Crippen LogP contribution in [0.4, 0.5) is 4.39 Å². The number of halogens is 1. The van der Waals surface area contributed by atoms with Crippen molar-refractivity contribution < 1.29 is 27.0 Å². The van der Waals surface area contributed by atoms with E-state index in [0.29, 0.717) is 29.4 Å². The standard InChI is InChI=1S/C22H23FN2O5S/c1-28-19-13-15(14-20(29-2)22(19)30-3)21-18-5-4-10-24(18)11-12-25(21)31(26,27)17-8-6-16(23)7-9-17/h4-10,13-14,21H,11-12H2,1-3H3/t21-/m1/s1. The molecule has 0 radical (unpaired) electrons. The molecule has 0 fully saturated rings. The molecule has 1 aliphatic heterocycles. The molecule has 0 bridgehead atoms. The molecule has 9 heteroatoms. The number of fused-ring (bicyclic) bond motifs is 1. The largest absolute Gasteiger partial charge is 0.493 e. The van der Waals surface area contributed by atoms with Gasteiger partial charge in [0.2, 0.25) is 15.8 Å². The van der Waals surface area contributed by atoms with E-state index < -0.39 is 21.9 Å². The molecule has 2 heterocycles. The normalized spacial score (nSPS) is 16.6. The molecular formula is C22H23FN2O5S. The zero-order chi connectivity index (χ0) is 22.2. The highest BCUT2D eigenvalue weighted by Crippen LogP contribution is 2.44. The zero-order valence-corrected chi connectivity index (χ0v) is 18.2. The predicted octanol–water partition coefficient (Wildman–Crippen LogP) is 3.45. The third kappa shape index (κ3) is 3.64. The van der Waals surface area contributed by atoms with E-state index in [0.717, 1.165) is 17.8 Å². The zero-order valence-electron chi connectivity index (χ0n) is 17.4. The number of ether oxygens (including phenoxy) is 3. The number of sulfonamides is 1. The monoisotopic (exact) mass is 446 g/mol. The lowest BCUT2D eigenvalue weighted by atomic mass is 10.0. The molecule has 0 saturated carbocycles. The van der Waals surface area contributed by atoms with E-state index in [4.69, 9.17) is 14.2 Å². The van der Waals surface area contributed by atoms with Crippen LogP contribution in [0.5, 0.6) is 17.2 Å². The van der Waals surface area contributed by atoms with Gasteiger partial charge in [0.15, 0.2) is 11.5 Å². The Morgan fingerprint density at radius 1 is 0.935 bits per heavy atom. The van der Waals surface area contributed by atoms with Crippen LogP contribution in [0.3, 0.4) is 0 Å². The highest BCUT2D eigenvalue weighted by atomic mass is 32.2. The minimum Gasteiger partial charge on any atom is -0.493 e. The predicted molar refractivity (Wildman–Crippen MR) is 113 cm³/mol. The number of hydrogen-bond acceptors (Lipinski definition) is 5. The van der Waals surface area contributed by atoms with Crippen LogP contribution in [-0.4, -0.2) is 45.2 Å². The maximum atomic E-state index is 13.6. The summed E-state index contributed by atoms with van der Waals surface area (Å²) < 4.78 is 60.3. The van der Waals surface area contributed by atoms with Gasteiger partial charge in [-0.3, -0.25) is 0 Å². The van der Waals surface area contributed by atoms with Gasteiger partial charge in [-0.15, -0.1) is 0 Å². The van der Waals surface area contributed by atoms with Gasteiger partial charge < -0.3 is 18.8 Å². The van der Waals surface area contributed by atoms with Gasteiger partial charge in [0.25, 0.3) is 0 Å². The third-order valence-electron chi connectivity index (χ3n) is 5.42. The van der Waals surface area contributed by atoms with E-state index in [1.807, 2.05) is 22.9 Å². The van der Waals surface area contributed by atoms with Crippen molar-refractivity contribution in [2.75, 3.05) is 27.9 Å². The molecule has 0 unspecified atom stereocenters. The second-order valence-electron chi connectivity index (χ2n) is 7.06. The SMILES string of the molecule is COc1cc([C@@H]2c3cccn3CCN2S(=O)(=O)c2ccc(F)cc2)cc(OC)c1OC. The van der Waals surface area contributed by atoms with Gasteiger partial charge in [0.1, 0.15) is 5.82 Å². The Hall–Kier alpha value is -3.04. The smallest absolute Gasteiger partial charge is 0.244 e. The Kier molecular flexibility index (Phi) is 5.63. The lowest BCUT2D eigenvalue weighted by Crippen LogP contribution is -2.42. The van der Waals surface area contributed by atoms with Gasteiger partial charge in [0, 0.05) is 25.0 Å². The third-order valence-corrected chi connectivity index (χ3v) is 7.30. The summed E-state index contributed by atoms with van der Waals surface area (Å²) in [7, 11) is 0.623. The number of benzene rings is 2. The molecule has 0 N–H and O–H groups in total. The molecule has 1 aromatic heterocycles. The van der Waals surface area contributed by atoms with Crippen LogP contribution in [0.2, 0.25) is 0 Å². The maximum absolute atomic E-state index is 13.6. The van der Waals surface area contributed by atoms with E-state index >= 15 is 0 Å². The summed E-state index contributed by atoms with van der Waals surface area (Å²) >= 11 is 0. The summed E-state index contributed by atoms with van der Waals surface area (Å²) in [4.78, 5) is 0.0337. The molecule has 4 rings (SSSR count). The molecular weight excluding hydrogens is 423 g/mol. The van der Waals surface area contributed by atoms with Crippen molar-refractivity contribution in [3.63, 3.8) is 0 Å². The molecule has 2 aromatic carbocycles. The number of nitrogens with zero attached hydrogens (tertiary/aromatic N) is 2. The summed E-state index contributed by atoms with van der Waals surface area (Å²) in [6, 6.07) is 11.5. The first kappa shape index (κ1) is 21.2. The van der Waals surface area contributed by atoms with E-state index in [-0.39, 0.29) is 11.4 Å². The average molecular weight is 447 g/mol. The molecule has 7 nitrogen and oxygen atoms in total. The summed E-state index contributed by atoms with van der Waals surface area (Å²) in [5, 5.41) is 0. The first-order valence-corrected chi connectivity index (χ1v) is 11.1. The molecule has 0 saturated heterocycles. The van der Waals surface area contributed by atoms with Crippen molar-refractivity contribution >= 4 is 10.0 Å². The Balaban J connectivity index is 1.90. The van der Waals surface area contributed by atoms with Crippen molar-refractivity contribution in [1.82, 2.24) is 8.87 Å². The summed E-state index contributed by atoms with van der Waals surface area (Å²) in [6.45, 7) is 0.756. The molecule has 164 valence electrons. The molecule has 1 atom stereocenters. The van der Waals surface area contributed by atoms with Gasteiger partial charge in [-0.05, 0) is 54.1 Å². The van der Waals surface area contributed by atoms with Crippen LogP contribution < -0.4 is 14.2 Å². The van der Waals surface area contributed by atoms with Gasteiger partial charge in [-0.1, -0.05) is 0 Å². The fourth-order valence-corrected chi connectivity index (χ4v) is 5.54. The van der Waals surface area contributed by atoms with Crippen LogP contribution in [0.15, 0.2) is 59.6 Å². The highest BCUT2D eigenvalue weighted by molar-refractivity contribution is 7.89. The minimum atomic E-state index is -3.91. The molecule has 1 aliphatic rings. The fraction of sp³-hybridized carbons (Fsp3) is 0.273. The Labute approximate surface area is 180 Å². The van der Waals surface area contributed by atoms with Crippen molar-refractivity contribution in [3.05, 3.63) is 71.8 Å². The van der Waals surface area contributed by atoms with Crippen molar-refractivity contribution in [2.24, 2.45) is 0 Å². The Bertz CT molecular complexity index is 1170. The van der Waals surface area contributed by atoms with E-state index in [2.05, 4.69) is 0 Å². The van der Waals surface area contributed by atoms with Crippen molar-refractivity contribution in [2.45, 2.75) is 17.5 Å². The molecule has 31 heavy (non-hydrogen) atoms. The number of hydrogen-bond donors (Lipinski definition) is 0. The number of aromatic nitrogens is 1. The molecule has 0 amide bonds. The summed E-state index contributed by atoms with van der Waals surface area (Å²) in [5.41, 5.74) is 1.48. The van der Waals surface area contributed by atoms with Crippen LogP contribution in [0, 0.1) is 5.82 Å². The van der Waals surface area contributed by atoms with Crippen LogP contribution in [0.1, 0.15) is 17.3 Å². The topological polar surface area (TPSA) is 70.0 Å². The first-order chi connectivity index (χ1) is 14.9. The van der Waals surface area contributed by atoms with E-state index in [1.165, 1.54) is 37.8 Å². The van der Waals surface area contributed by atoms with Crippen LogP contribution in [-0.2, 0) is 16.6 Å². The van der Waals surface area contributed by atoms with Crippen molar-refractivity contribution in [1.29, 1.82) is 0 Å². The van der Waals surface area contributed by atoms with E-state index in [1.54, 1.807) is 12.1 Å². The van der Waals surface area contributed by atoms with Gasteiger partial charge in [-0.25, -0.2) is 12.8 Å². The quantitative estimate of drug-likeness (QED) is 0.580. The van der Waals surface area contributed by atoms with Crippen LogP contribution in [0.25, 0.3) is 0 Å². The number of rotatable bonds is 6. The Morgan fingerprint density at radius 2 is 1.58 bits per heavy atom. The summed E-state index contributed by atoms with van der Waals surface area (Å²) in [5.74, 6) is 0.792. The Morgan fingerprint density at radius 3 is 2.16 bits per heavy atom. The lowest BCUT2D eigenvalue weighted by molar-refractivity contribution is 0.293. The maximum Gasteiger partial charge on any atom is 0.244 e. The minimum absolute atomic E-state index is 0.0337. The lowest BCUT2D eigenvalue weighted by Gasteiger charge is -2.36. The molecule has 0 spiro atoms. The second-order valence-corrected chi connectivity index (χ2v) is 8.95. The fourth-order valence-electron chi connectivity index (χ4n) is 3.96. The van der Waals surface area contributed by atoms with Crippen molar-refractivity contribution in [3.8, 4) is 17.2 Å². The highest BCUT2D eigenvalue weighted by Gasteiger charge is 2.38. The first-order valence-electron chi connectivity index (χ1n) is 9.63. The van der Waals surface area contributed by atoms with E-state index in [9.17, 15) is 12.8 Å². The van der Waals surface area contributed by atoms with Gasteiger partial charge in [-0.2, -0.15) is 4.31 Å². The van der Waals surface area contributed by atoms with Gasteiger partial charge in [0.05, 0.1) is 32.3 Å². The summed E-state index contributed by atoms with van der Waals surface area (Å²) in [6.07, 6.45) is 1.92. The van der Waals surface area contributed by atoms with Gasteiger partial charge >= 0.3 is 0 Å². The second kappa shape index (κ2) is 8.24. The van der Waals surface area contributed by atoms with Crippen LogP contribution >= 0.6 is 0 Å². The number of methoxy groups -OCH3 is 3. The average Bonchev–Trinajstić information content (AvgIpc) is 3.26. The molecule has 3 aromatic rings.